The van der Waals surface area contributed by atoms with Crippen molar-refractivity contribution in [2.24, 2.45) is 0 Å². The third kappa shape index (κ3) is 4.28. The van der Waals surface area contributed by atoms with E-state index in [2.05, 4.69) is 13.2 Å². The Hall–Kier alpha value is -0.230. The summed E-state index contributed by atoms with van der Waals surface area (Å²) in [6.45, 7) is 9.29. The maximum absolute atomic E-state index is 5.85. The van der Waals surface area contributed by atoms with Gasteiger partial charge in [-0.15, -0.1) is 18.2 Å². The minimum Gasteiger partial charge on any atom is -0.118 e. The van der Waals surface area contributed by atoms with Gasteiger partial charge in [0.2, 0.25) is 0 Å². The van der Waals surface area contributed by atoms with Crippen molar-refractivity contribution < 1.29 is 0 Å². The Bertz CT molecular complexity index is 105. The summed E-state index contributed by atoms with van der Waals surface area (Å²) in [6, 6.07) is 0. The van der Waals surface area contributed by atoms with Crippen LogP contribution in [0.5, 0.6) is 0 Å². The van der Waals surface area contributed by atoms with Crippen LogP contribution in [-0.2, 0) is 0 Å². The zero-order valence-electron chi connectivity index (χ0n) is 5.86. The van der Waals surface area contributed by atoms with Crippen LogP contribution in [0, 0.1) is 0 Å². The van der Waals surface area contributed by atoms with E-state index in [-0.39, 0.29) is 5.38 Å². The fourth-order valence-corrected chi connectivity index (χ4v) is 0.637. The Morgan fingerprint density at radius 3 is 2.67 bits per heavy atom. The van der Waals surface area contributed by atoms with Crippen LogP contribution in [0.3, 0.4) is 0 Å². The van der Waals surface area contributed by atoms with Gasteiger partial charge in [0.25, 0.3) is 0 Å². The minimum absolute atomic E-state index is 0.128. The molecule has 9 heavy (non-hydrogen) atoms. The second-order valence-electron chi connectivity index (χ2n) is 2.18. The Balaban J connectivity index is 3.37. The van der Waals surface area contributed by atoms with Gasteiger partial charge in [0.15, 0.2) is 0 Å². The molecule has 0 heterocycles. The van der Waals surface area contributed by atoms with Gasteiger partial charge in [0, 0.05) is 0 Å². The van der Waals surface area contributed by atoms with E-state index in [4.69, 9.17) is 11.6 Å². The molecule has 0 amide bonds. The molecule has 0 aromatic carbocycles. The number of halogens is 1. The SMILES string of the molecule is C=CCCC(Cl)C(=C)C. The van der Waals surface area contributed by atoms with Crippen LogP contribution in [0.15, 0.2) is 24.8 Å². The molecule has 1 unspecified atom stereocenters. The fraction of sp³-hybridized carbons (Fsp3) is 0.500. The third-order valence-electron chi connectivity index (χ3n) is 1.16. The lowest BCUT2D eigenvalue weighted by Crippen LogP contribution is -1.97. The van der Waals surface area contributed by atoms with Gasteiger partial charge in [-0.2, -0.15) is 0 Å². The Kier molecular flexibility index (Phi) is 4.51. The summed E-state index contributed by atoms with van der Waals surface area (Å²) < 4.78 is 0. The average molecular weight is 145 g/mol. The first-order valence-corrected chi connectivity index (χ1v) is 3.52. The van der Waals surface area contributed by atoms with E-state index in [0.717, 1.165) is 18.4 Å². The summed E-state index contributed by atoms with van der Waals surface area (Å²) in [5.41, 5.74) is 1.04. The highest BCUT2D eigenvalue weighted by Crippen LogP contribution is 2.12. The molecule has 0 aromatic rings. The number of hydrogen-bond acceptors (Lipinski definition) is 0. The molecule has 0 rings (SSSR count). The molecule has 52 valence electrons. The Morgan fingerprint density at radius 2 is 2.33 bits per heavy atom. The van der Waals surface area contributed by atoms with Crippen molar-refractivity contribution in [1.29, 1.82) is 0 Å². The molecule has 0 radical (unpaired) electrons. The molecule has 0 aromatic heterocycles. The molecule has 1 atom stereocenters. The van der Waals surface area contributed by atoms with E-state index >= 15 is 0 Å². The number of allylic oxidation sites excluding steroid dienone is 2. The van der Waals surface area contributed by atoms with Gasteiger partial charge in [-0.1, -0.05) is 18.2 Å². The van der Waals surface area contributed by atoms with Gasteiger partial charge in [-0.05, 0) is 19.8 Å². The molecule has 0 fully saturated rings. The van der Waals surface area contributed by atoms with E-state index in [1.807, 2.05) is 13.0 Å². The van der Waals surface area contributed by atoms with Gasteiger partial charge in [0.1, 0.15) is 0 Å². The number of hydrogen-bond donors (Lipinski definition) is 0. The van der Waals surface area contributed by atoms with Crippen molar-refractivity contribution in [1.82, 2.24) is 0 Å². The summed E-state index contributed by atoms with van der Waals surface area (Å²) in [7, 11) is 0. The molecule has 0 aliphatic carbocycles. The second kappa shape index (κ2) is 4.63. The third-order valence-corrected chi connectivity index (χ3v) is 1.75. The van der Waals surface area contributed by atoms with Crippen LogP contribution in [0.2, 0.25) is 0 Å². The first-order valence-electron chi connectivity index (χ1n) is 3.09. The molecule has 0 aliphatic rings. The molecule has 1 heteroatoms. The standard InChI is InChI=1S/C8H13Cl/c1-4-5-6-8(9)7(2)3/h4,8H,1-2,5-6H2,3H3. The summed E-state index contributed by atoms with van der Waals surface area (Å²) in [6.07, 6.45) is 3.81. The number of alkyl halides is 1. The van der Waals surface area contributed by atoms with Crippen molar-refractivity contribution in [2.45, 2.75) is 25.1 Å². The minimum atomic E-state index is 0.128. The molecular formula is C8H13Cl. The second-order valence-corrected chi connectivity index (χ2v) is 2.71. The molecular weight excluding hydrogens is 132 g/mol. The highest BCUT2D eigenvalue weighted by molar-refractivity contribution is 6.22. The van der Waals surface area contributed by atoms with Gasteiger partial charge in [-0.3, -0.25) is 0 Å². The van der Waals surface area contributed by atoms with Crippen molar-refractivity contribution in [2.75, 3.05) is 0 Å². The van der Waals surface area contributed by atoms with E-state index in [1.54, 1.807) is 0 Å². The quantitative estimate of drug-likeness (QED) is 0.420. The smallest absolute Gasteiger partial charge is 0.0542 e. The van der Waals surface area contributed by atoms with E-state index in [1.165, 1.54) is 0 Å². The molecule has 0 aliphatic heterocycles. The topological polar surface area (TPSA) is 0 Å². The first-order chi connectivity index (χ1) is 4.18. The van der Waals surface area contributed by atoms with Crippen LogP contribution in [0.4, 0.5) is 0 Å². The van der Waals surface area contributed by atoms with Crippen LogP contribution < -0.4 is 0 Å². The summed E-state index contributed by atoms with van der Waals surface area (Å²) in [5.74, 6) is 0. The van der Waals surface area contributed by atoms with Crippen LogP contribution in [-0.4, -0.2) is 5.38 Å². The monoisotopic (exact) mass is 144 g/mol. The largest absolute Gasteiger partial charge is 0.118 e. The molecule has 0 saturated heterocycles. The number of rotatable bonds is 4. The molecule has 0 N–H and O–H groups in total. The van der Waals surface area contributed by atoms with Crippen LogP contribution in [0.1, 0.15) is 19.8 Å². The van der Waals surface area contributed by atoms with E-state index < -0.39 is 0 Å². The zero-order chi connectivity index (χ0) is 7.28. The van der Waals surface area contributed by atoms with Gasteiger partial charge in [-0.25, -0.2) is 0 Å². The highest BCUT2D eigenvalue weighted by atomic mass is 35.5. The highest BCUT2D eigenvalue weighted by Gasteiger charge is 2.01. The zero-order valence-corrected chi connectivity index (χ0v) is 6.62. The maximum atomic E-state index is 5.85. The Morgan fingerprint density at radius 1 is 1.78 bits per heavy atom. The molecule has 0 bridgehead atoms. The lowest BCUT2D eigenvalue weighted by Gasteiger charge is -2.04. The summed E-state index contributed by atoms with van der Waals surface area (Å²) >= 11 is 5.85. The molecule has 0 nitrogen and oxygen atoms in total. The molecule has 0 saturated carbocycles. The van der Waals surface area contributed by atoms with Gasteiger partial charge < -0.3 is 0 Å². The van der Waals surface area contributed by atoms with Crippen molar-refractivity contribution in [3.05, 3.63) is 24.8 Å². The normalized spacial score (nSPS) is 12.7. The molecule has 0 spiro atoms. The fourth-order valence-electron chi connectivity index (χ4n) is 0.511. The predicted molar refractivity (Wildman–Crippen MR) is 43.9 cm³/mol. The van der Waals surface area contributed by atoms with Gasteiger partial charge >= 0.3 is 0 Å². The van der Waals surface area contributed by atoms with Gasteiger partial charge in [0.05, 0.1) is 5.38 Å². The average Bonchev–Trinajstić information content (AvgIpc) is 1.82. The van der Waals surface area contributed by atoms with E-state index in [9.17, 15) is 0 Å². The lowest BCUT2D eigenvalue weighted by molar-refractivity contribution is 0.844. The Labute approximate surface area is 62.2 Å². The van der Waals surface area contributed by atoms with Crippen molar-refractivity contribution in [3.63, 3.8) is 0 Å². The lowest BCUT2D eigenvalue weighted by atomic mass is 10.1. The maximum Gasteiger partial charge on any atom is 0.0542 e. The summed E-state index contributed by atoms with van der Waals surface area (Å²) in [4.78, 5) is 0. The van der Waals surface area contributed by atoms with Crippen LogP contribution >= 0.6 is 11.6 Å². The van der Waals surface area contributed by atoms with Crippen molar-refractivity contribution in [3.8, 4) is 0 Å². The first kappa shape index (κ1) is 8.77. The summed E-state index contributed by atoms with van der Waals surface area (Å²) in [5, 5.41) is 0.128. The van der Waals surface area contributed by atoms with Crippen molar-refractivity contribution >= 4 is 11.6 Å². The predicted octanol–water partition coefficient (Wildman–Crippen LogP) is 3.14. The van der Waals surface area contributed by atoms with E-state index in [0.29, 0.717) is 0 Å². The van der Waals surface area contributed by atoms with Crippen LogP contribution in [0.25, 0.3) is 0 Å².